The van der Waals surface area contributed by atoms with E-state index in [0.717, 1.165) is 0 Å². The standard InChI is InChI=1S/C22H22N2O7/c1-29-19-11-15(16(24(27)28)12-20(19)30-2)21(26)23-9-7-22(8-10-23)13-17(25)14-5-3-4-6-18(14)31-22/h3-6,11-12H,7-10,13H2,1-2H3. The molecule has 0 N–H and O–H groups in total. The first-order valence-corrected chi connectivity index (χ1v) is 9.88. The summed E-state index contributed by atoms with van der Waals surface area (Å²) in [5, 5.41) is 11.6. The van der Waals surface area contributed by atoms with Crippen LogP contribution in [0, 0.1) is 10.1 Å². The van der Waals surface area contributed by atoms with Crippen LogP contribution in [0.3, 0.4) is 0 Å². The summed E-state index contributed by atoms with van der Waals surface area (Å²) in [6, 6.07) is 9.67. The summed E-state index contributed by atoms with van der Waals surface area (Å²) >= 11 is 0. The summed E-state index contributed by atoms with van der Waals surface area (Å²) in [4.78, 5) is 38.2. The molecule has 1 amide bonds. The first-order chi connectivity index (χ1) is 14.9. The van der Waals surface area contributed by atoms with Crippen LogP contribution in [0.15, 0.2) is 36.4 Å². The summed E-state index contributed by atoms with van der Waals surface area (Å²) < 4.78 is 16.5. The second kappa shape index (κ2) is 7.90. The minimum absolute atomic E-state index is 0.0251. The number of likely N-dealkylation sites (tertiary alicyclic amines) is 1. The average Bonchev–Trinajstić information content (AvgIpc) is 2.78. The Morgan fingerprint density at radius 2 is 1.77 bits per heavy atom. The third-order valence-corrected chi connectivity index (χ3v) is 5.89. The first kappa shape index (κ1) is 20.6. The molecule has 1 fully saturated rings. The minimum Gasteiger partial charge on any atom is -0.493 e. The second-order valence-electron chi connectivity index (χ2n) is 7.65. The number of fused-ring (bicyclic) bond motifs is 1. The number of amides is 1. The molecule has 0 bridgehead atoms. The van der Waals surface area contributed by atoms with Crippen molar-refractivity contribution in [3.63, 3.8) is 0 Å². The van der Waals surface area contributed by atoms with Gasteiger partial charge in [-0.25, -0.2) is 0 Å². The van der Waals surface area contributed by atoms with E-state index in [1.165, 1.54) is 26.4 Å². The lowest BCUT2D eigenvalue weighted by Crippen LogP contribution is -2.52. The molecule has 0 unspecified atom stereocenters. The van der Waals surface area contributed by atoms with Gasteiger partial charge in [-0.3, -0.25) is 19.7 Å². The van der Waals surface area contributed by atoms with Gasteiger partial charge in [-0.15, -0.1) is 0 Å². The molecule has 1 saturated heterocycles. The van der Waals surface area contributed by atoms with Crippen molar-refractivity contribution in [3.05, 3.63) is 57.6 Å². The minimum atomic E-state index is -0.661. The number of piperidine rings is 1. The molecule has 31 heavy (non-hydrogen) atoms. The number of nitro benzene ring substituents is 1. The van der Waals surface area contributed by atoms with Gasteiger partial charge < -0.3 is 19.1 Å². The zero-order chi connectivity index (χ0) is 22.2. The Labute approximate surface area is 178 Å². The van der Waals surface area contributed by atoms with Gasteiger partial charge in [-0.05, 0) is 12.1 Å². The van der Waals surface area contributed by atoms with Gasteiger partial charge in [0.05, 0.1) is 37.2 Å². The zero-order valence-electron chi connectivity index (χ0n) is 17.3. The number of hydrogen-bond donors (Lipinski definition) is 0. The lowest BCUT2D eigenvalue weighted by molar-refractivity contribution is -0.385. The summed E-state index contributed by atoms with van der Waals surface area (Å²) in [5.41, 5.74) is -0.496. The van der Waals surface area contributed by atoms with Crippen LogP contribution in [0.2, 0.25) is 0 Å². The number of carbonyl (C=O) groups is 2. The lowest BCUT2D eigenvalue weighted by Gasteiger charge is -2.43. The molecule has 0 aromatic heterocycles. The Morgan fingerprint density at radius 1 is 1.13 bits per heavy atom. The predicted octanol–water partition coefficient (Wildman–Crippen LogP) is 3.25. The number of methoxy groups -OCH3 is 2. The van der Waals surface area contributed by atoms with Crippen LogP contribution in [0.4, 0.5) is 5.69 Å². The van der Waals surface area contributed by atoms with E-state index < -0.39 is 16.4 Å². The average molecular weight is 426 g/mol. The van der Waals surface area contributed by atoms with Crippen LogP contribution in [-0.2, 0) is 0 Å². The highest BCUT2D eigenvalue weighted by molar-refractivity contribution is 6.01. The van der Waals surface area contributed by atoms with Crippen LogP contribution in [0.1, 0.15) is 40.0 Å². The van der Waals surface area contributed by atoms with Crippen molar-refractivity contribution in [2.24, 2.45) is 0 Å². The fraction of sp³-hybridized carbons (Fsp3) is 0.364. The van der Waals surface area contributed by atoms with Gasteiger partial charge in [0.15, 0.2) is 17.3 Å². The number of para-hydroxylation sites is 1. The van der Waals surface area contributed by atoms with Crippen molar-refractivity contribution >= 4 is 17.4 Å². The van der Waals surface area contributed by atoms with Gasteiger partial charge in [-0.2, -0.15) is 0 Å². The monoisotopic (exact) mass is 426 g/mol. The molecule has 9 nitrogen and oxygen atoms in total. The maximum Gasteiger partial charge on any atom is 0.286 e. The molecule has 0 aliphatic carbocycles. The van der Waals surface area contributed by atoms with Gasteiger partial charge in [0.1, 0.15) is 16.9 Å². The van der Waals surface area contributed by atoms with Crippen LogP contribution >= 0.6 is 0 Å². The third-order valence-electron chi connectivity index (χ3n) is 5.89. The molecular formula is C22H22N2O7. The Bertz CT molecular complexity index is 1060. The van der Waals surface area contributed by atoms with E-state index in [1.807, 2.05) is 6.07 Å². The van der Waals surface area contributed by atoms with Gasteiger partial charge in [-0.1, -0.05) is 12.1 Å². The highest BCUT2D eigenvalue weighted by Gasteiger charge is 2.44. The van der Waals surface area contributed by atoms with Crippen molar-refractivity contribution in [1.29, 1.82) is 0 Å². The molecule has 9 heteroatoms. The Hall–Kier alpha value is -3.62. The summed E-state index contributed by atoms with van der Waals surface area (Å²) in [5.74, 6) is 0.537. The fourth-order valence-corrected chi connectivity index (χ4v) is 4.20. The summed E-state index contributed by atoms with van der Waals surface area (Å²) in [7, 11) is 2.77. The fourth-order valence-electron chi connectivity index (χ4n) is 4.20. The Morgan fingerprint density at radius 3 is 2.42 bits per heavy atom. The van der Waals surface area contributed by atoms with E-state index in [0.29, 0.717) is 37.2 Å². The molecule has 1 spiro atoms. The predicted molar refractivity (Wildman–Crippen MR) is 110 cm³/mol. The molecule has 162 valence electrons. The quantitative estimate of drug-likeness (QED) is 0.545. The number of hydrogen-bond acceptors (Lipinski definition) is 7. The molecule has 2 heterocycles. The molecule has 2 aliphatic heterocycles. The first-order valence-electron chi connectivity index (χ1n) is 9.88. The molecule has 0 radical (unpaired) electrons. The molecule has 2 aromatic carbocycles. The number of ether oxygens (including phenoxy) is 3. The van der Waals surface area contributed by atoms with Crippen LogP contribution in [-0.4, -0.2) is 54.4 Å². The number of nitrogens with zero attached hydrogens (tertiary/aromatic N) is 2. The van der Waals surface area contributed by atoms with Gasteiger partial charge in [0, 0.05) is 32.0 Å². The molecule has 0 atom stereocenters. The van der Waals surface area contributed by atoms with Gasteiger partial charge in [0.2, 0.25) is 0 Å². The van der Waals surface area contributed by atoms with E-state index in [2.05, 4.69) is 0 Å². The van der Waals surface area contributed by atoms with Crippen molar-refractivity contribution in [1.82, 2.24) is 4.90 Å². The SMILES string of the molecule is COc1cc(C(=O)N2CCC3(CC2)CC(=O)c2ccccc2O3)c([N+](=O)[O-])cc1OC. The Kier molecular flexibility index (Phi) is 5.26. The largest absolute Gasteiger partial charge is 0.493 e. The summed E-state index contributed by atoms with van der Waals surface area (Å²) in [6.45, 7) is 0.638. The Balaban J connectivity index is 1.55. The normalized spacial score (nSPS) is 17.0. The lowest BCUT2D eigenvalue weighted by atomic mass is 9.82. The molecular weight excluding hydrogens is 404 g/mol. The van der Waals surface area contributed by atoms with E-state index in [4.69, 9.17) is 14.2 Å². The van der Waals surface area contributed by atoms with Crippen LogP contribution in [0.25, 0.3) is 0 Å². The van der Waals surface area contributed by atoms with Gasteiger partial charge >= 0.3 is 0 Å². The van der Waals surface area contributed by atoms with Crippen molar-refractivity contribution in [2.75, 3.05) is 27.3 Å². The number of benzene rings is 2. The molecule has 4 rings (SSSR count). The highest BCUT2D eigenvalue weighted by Crippen LogP contribution is 2.40. The molecule has 2 aromatic rings. The smallest absolute Gasteiger partial charge is 0.286 e. The van der Waals surface area contributed by atoms with E-state index in [1.54, 1.807) is 23.1 Å². The highest BCUT2D eigenvalue weighted by atomic mass is 16.6. The number of nitro groups is 1. The van der Waals surface area contributed by atoms with Crippen LogP contribution < -0.4 is 14.2 Å². The van der Waals surface area contributed by atoms with E-state index >= 15 is 0 Å². The van der Waals surface area contributed by atoms with Crippen molar-refractivity contribution in [2.45, 2.75) is 24.9 Å². The van der Waals surface area contributed by atoms with E-state index in [9.17, 15) is 19.7 Å². The van der Waals surface area contributed by atoms with Crippen molar-refractivity contribution < 1.29 is 28.7 Å². The van der Waals surface area contributed by atoms with Gasteiger partial charge in [0.25, 0.3) is 11.6 Å². The maximum atomic E-state index is 13.1. The zero-order valence-corrected chi connectivity index (χ0v) is 17.3. The number of Topliss-reactive ketones (excluding diaryl/α,β-unsaturated/α-hetero) is 1. The molecule has 0 saturated carbocycles. The maximum absolute atomic E-state index is 13.1. The summed E-state index contributed by atoms with van der Waals surface area (Å²) in [6.07, 6.45) is 1.17. The van der Waals surface area contributed by atoms with Crippen LogP contribution in [0.5, 0.6) is 17.2 Å². The number of rotatable bonds is 4. The second-order valence-corrected chi connectivity index (χ2v) is 7.65. The van der Waals surface area contributed by atoms with E-state index in [-0.39, 0.29) is 35.0 Å². The third kappa shape index (κ3) is 3.67. The topological polar surface area (TPSA) is 108 Å². The number of ketones is 1. The van der Waals surface area contributed by atoms with Crippen molar-refractivity contribution in [3.8, 4) is 17.2 Å². The molecule has 2 aliphatic rings. The number of carbonyl (C=O) groups excluding carboxylic acids is 2.